The summed E-state index contributed by atoms with van der Waals surface area (Å²) in [7, 11) is 0. The highest BCUT2D eigenvalue weighted by molar-refractivity contribution is 5.31. The lowest BCUT2D eigenvalue weighted by Crippen LogP contribution is -2.23. The van der Waals surface area contributed by atoms with E-state index < -0.39 is 0 Å². The van der Waals surface area contributed by atoms with Crippen LogP contribution in [0.3, 0.4) is 0 Å². The maximum atomic E-state index is 3.59. The van der Waals surface area contributed by atoms with Crippen LogP contribution >= 0.6 is 0 Å². The number of hydrogen-bond acceptors (Lipinski definition) is 2. The molecule has 0 amide bonds. The largest absolute Gasteiger partial charge is 0.317 e. The molecule has 1 atom stereocenters. The number of rotatable bonds is 7. The average molecular weight is 260 g/mol. The van der Waals surface area contributed by atoms with Crippen molar-refractivity contribution in [2.75, 3.05) is 19.6 Å². The zero-order valence-corrected chi connectivity index (χ0v) is 12.5. The van der Waals surface area contributed by atoms with E-state index in [9.17, 15) is 0 Å². The van der Waals surface area contributed by atoms with Gasteiger partial charge in [0.2, 0.25) is 0 Å². The van der Waals surface area contributed by atoms with Gasteiger partial charge in [0.25, 0.3) is 0 Å². The van der Waals surface area contributed by atoms with Crippen LogP contribution in [0.25, 0.3) is 0 Å². The molecule has 1 aromatic rings. The number of benzene rings is 1. The minimum Gasteiger partial charge on any atom is -0.317 e. The molecule has 2 N–H and O–H groups in total. The first-order valence-electron chi connectivity index (χ1n) is 7.82. The zero-order chi connectivity index (χ0) is 13.5. The summed E-state index contributed by atoms with van der Waals surface area (Å²) >= 11 is 0. The average Bonchev–Trinajstić information content (AvgIpc) is 2.91. The van der Waals surface area contributed by atoms with Crippen molar-refractivity contribution >= 4 is 0 Å². The highest BCUT2D eigenvalue weighted by Crippen LogP contribution is 2.17. The molecule has 1 heterocycles. The Labute approximate surface area is 118 Å². The van der Waals surface area contributed by atoms with Crippen LogP contribution in [-0.2, 0) is 12.8 Å². The van der Waals surface area contributed by atoms with Crippen molar-refractivity contribution in [2.45, 2.75) is 52.0 Å². The Hall–Kier alpha value is -0.860. The molecule has 0 bridgehead atoms. The predicted octanol–water partition coefficient (Wildman–Crippen LogP) is 2.83. The van der Waals surface area contributed by atoms with Crippen molar-refractivity contribution in [1.82, 2.24) is 10.6 Å². The Morgan fingerprint density at radius 1 is 1.37 bits per heavy atom. The molecule has 1 unspecified atom stereocenters. The van der Waals surface area contributed by atoms with Crippen molar-refractivity contribution in [1.29, 1.82) is 0 Å². The molecule has 19 heavy (non-hydrogen) atoms. The van der Waals surface area contributed by atoms with E-state index in [0.29, 0.717) is 6.04 Å². The van der Waals surface area contributed by atoms with Crippen LogP contribution in [0, 0.1) is 6.92 Å². The van der Waals surface area contributed by atoms with Crippen molar-refractivity contribution in [3.63, 3.8) is 0 Å². The molecular weight excluding hydrogens is 232 g/mol. The predicted molar refractivity (Wildman–Crippen MR) is 82.8 cm³/mol. The van der Waals surface area contributed by atoms with Gasteiger partial charge in [0.1, 0.15) is 0 Å². The molecule has 0 spiro atoms. The van der Waals surface area contributed by atoms with Crippen LogP contribution in [0.4, 0.5) is 0 Å². The van der Waals surface area contributed by atoms with Crippen LogP contribution in [0.15, 0.2) is 18.2 Å². The monoisotopic (exact) mass is 260 g/mol. The first kappa shape index (κ1) is 14.5. The highest BCUT2D eigenvalue weighted by Gasteiger charge is 2.14. The van der Waals surface area contributed by atoms with E-state index in [1.807, 2.05) is 0 Å². The molecule has 0 aromatic heterocycles. The van der Waals surface area contributed by atoms with Crippen molar-refractivity contribution in [3.05, 3.63) is 34.9 Å². The Balaban J connectivity index is 1.90. The minimum absolute atomic E-state index is 0.706. The molecule has 2 heteroatoms. The summed E-state index contributed by atoms with van der Waals surface area (Å²) in [6.45, 7) is 7.81. The van der Waals surface area contributed by atoms with Gasteiger partial charge in [-0.1, -0.05) is 25.1 Å². The smallest absolute Gasteiger partial charge is 0.0108 e. The van der Waals surface area contributed by atoms with Crippen LogP contribution in [0.2, 0.25) is 0 Å². The van der Waals surface area contributed by atoms with Gasteiger partial charge in [-0.15, -0.1) is 0 Å². The maximum absolute atomic E-state index is 3.59. The molecular formula is C17H28N2. The molecule has 1 aliphatic heterocycles. The molecule has 2 nitrogen and oxygen atoms in total. The third kappa shape index (κ3) is 4.63. The molecule has 0 radical (unpaired) electrons. The minimum atomic E-state index is 0.706. The van der Waals surface area contributed by atoms with E-state index in [2.05, 4.69) is 42.7 Å². The highest BCUT2D eigenvalue weighted by atomic mass is 14.9. The molecule has 1 fully saturated rings. The Bertz CT molecular complexity index is 381. The lowest BCUT2D eigenvalue weighted by Gasteiger charge is -2.13. The summed E-state index contributed by atoms with van der Waals surface area (Å²) in [5.74, 6) is 0. The third-order valence-electron chi connectivity index (χ3n) is 4.11. The maximum Gasteiger partial charge on any atom is 0.0108 e. The second-order valence-corrected chi connectivity index (χ2v) is 5.72. The van der Waals surface area contributed by atoms with E-state index in [-0.39, 0.29) is 0 Å². The van der Waals surface area contributed by atoms with Crippen LogP contribution in [0.5, 0.6) is 0 Å². The Morgan fingerprint density at radius 2 is 2.26 bits per heavy atom. The van der Waals surface area contributed by atoms with Gasteiger partial charge in [-0.05, 0) is 75.4 Å². The molecule has 106 valence electrons. The normalized spacial score (nSPS) is 18.9. The van der Waals surface area contributed by atoms with Gasteiger partial charge >= 0.3 is 0 Å². The molecule has 0 saturated carbocycles. The lowest BCUT2D eigenvalue weighted by atomic mass is 9.97. The molecule has 0 aliphatic carbocycles. The van der Waals surface area contributed by atoms with Gasteiger partial charge < -0.3 is 10.6 Å². The van der Waals surface area contributed by atoms with Crippen molar-refractivity contribution in [3.8, 4) is 0 Å². The molecule has 1 aromatic carbocycles. The molecule has 2 rings (SSSR count). The van der Waals surface area contributed by atoms with Crippen molar-refractivity contribution in [2.24, 2.45) is 0 Å². The van der Waals surface area contributed by atoms with Gasteiger partial charge in [-0.2, -0.15) is 0 Å². The summed E-state index contributed by atoms with van der Waals surface area (Å²) in [5.41, 5.74) is 4.48. The van der Waals surface area contributed by atoms with Gasteiger partial charge in [0, 0.05) is 6.04 Å². The molecule has 1 saturated heterocycles. The first-order valence-corrected chi connectivity index (χ1v) is 7.82. The fourth-order valence-corrected chi connectivity index (χ4v) is 2.92. The summed E-state index contributed by atoms with van der Waals surface area (Å²) in [6.07, 6.45) is 6.31. The van der Waals surface area contributed by atoms with E-state index >= 15 is 0 Å². The van der Waals surface area contributed by atoms with Crippen LogP contribution in [0.1, 0.15) is 42.9 Å². The second-order valence-electron chi connectivity index (χ2n) is 5.72. The van der Waals surface area contributed by atoms with Gasteiger partial charge in [0.15, 0.2) is 0 Å². The van der Waals surface area contributed by atoms with Crippen LogP contribution in [-0.4, -0.2) is 25.7 Å². The van der Waals surface area contributed by atoms with E-state index in [4.69, 9.17) is 0 Å². The van der Waals surface area contributed by atoms with Crippen LogP contribution < -0.4 is 10.6 Å². The number of aryl methyl sites for hydroxylation is 2. The molecule has 1 aliphatic rings. The first-order chi connectivity index (χ1) is 9.29. The third-order valence-corrected chi connectivity index (χ3v) is 4.11. The number of hydrogen-bond donors (Lipinski definition) is 2. The quantitative estimate of drug-likeness (QED) is 0.737. The summed E-state index contributed by atoms with van der Waals surface area (Å²) in [6, 6.07) is 7.74. The Kier molecular flexibility index (Phi) is 5.87. The fraction of sp³-hybridized carbons (Fsp3) is 0.647. The van der Waals surface area contributed by atoms with E-state index in [1.165, 1.54) is 55.3 Å². The lowest BCUT2D eigenvalue weighted by molar-refractivity contribution is 0.602. The Morgan fingerprint density at radius 3 is 3.00 bits per heavy atom. The van der Waals surface area contributed by atoms with E-state index in [0.717, 1.165) is 13.1 Å². The SMILES string of the molecule is CCNCCCc1cc(CC2CCCN2)ccc1C. The van der Waals surface area contributed by atoms with Gasteiger partial charge in [-0.25, -0.2) is 0 Å². The van der Waals surface area contributed by atoms with Gasteiger partial charge in [0.05, 0.1) is 0 Å². The van der Waals surface area contributed by atoms with Crippen molar-refractivity contribution < 1.29 is 0 Å². The van der Waals surface area contributed by atoms with E-state index in [1.54, 1.807) is 0 Å². The topological polar surface area (TPSA) is 24.1 Å². The zero-order valence-electron chi connectivity index (χ0n) is 12.5. The fourth-order valence-electron chi connectivity index (χ4n) is 2.92. The number of nitrogens with one attached hydrogen (secondary N) is 2. The van der Waals surface area contributed by atoms with Gasteiger partial charge in [-0.3, -0.25) is 0 Å². The summed E-state index contributed by atoms with van der Waals surface area (Å²) in [5, 5.41) is 6.99. The summed E-state index contributed by atoms with van der Waals surface area (Å²) < 4.78 is 0. The summed E-state index contributed by atoms with van der Waals surface area (Å²) in [4.78, 5) is 0. The standard InChI is InChI=1S/C17H28N2/c1-3-18-10-4-6-16-12-15(9-8-14(16)2)13-17-7-5-11-19-17/h8-9,12,17-19H,3-7,10-11,13H2,1-2H3. The second kappa shape index (κ2) is 7.66.